The van der Waals surface area contributed by atoms with E-state index in [2.05, 4.69) is 46.2 Å². The zero-order chi connectivity index (χ0) is 21.4. The Morgan fingerprint density at radius 2 is 2.03 bits per heavy atom. The molecule has 0 spiro atoms. The number of hydrogen-bond acceptors (Lipinski definition) is 5. The van der Waals surface area contributed by atoms with Crippen LogP contribution in [0.4, 0.5) is 4.79 Å². The van der Waals surface area contributed by atoms with Crippen molar-refractivity contribution in [3.8, 4) is 23.0 Å². The van der Waals surface area contributed by atoms with E-state index in [1.807, 2.05) is 32.9 Å². The minimum absolute atomic E-state index is 0.323. The molecule has 3 rings (SSSR count). The monoisotopic (exact) mass is 412 g/mol. The Morgan fingerprint density at radius 3 is 2.59 bits per heavy atom. The second kappa shape index (κ2) is 7.30. The molecule has 7 nitrogen and oxygen atoms in total. The van der Waals surface area contributed by atoms with Crippen LogP contribution in [0, 0.1) is 16.9 Å². The van der Waals surface area contributed by atoms with E-state index in [0.717, 1.165) is 12.0 Å². The summed E-state index contributed by atoms with van der Waals surface area (Å²) >= 11 is 0. The van der Waals surface area contributed by atoms with Crippen molar-refractivity contribution in [2.24, 2.45) is 5.41 Å². The average molecular weight is 413 g/mol. The van der Waals surface area contributed by atoms with Crippen molar-refractivity contribution in [3.63, 3.8) is 0 Å². The van der Waals surface area contributed by atoms with Gasteiger partial charge >= 0.3 is 6.09 Å². The number of rotatable bonds is 2. The van der Waals surface area contributed by atoms with Crippen LogP contribution >= 0.6 is 0 Å². The number of pyridine rings is 1. The highest BCUT2D eigenvalue weighted by molar-refractivity contribution is 6.83. The molecule has 1 aliphatic heterocycles. The molecule has 1 amide bonds. The van der Waals surface area contributed by atoms with E-state index in [4.69, 9.17) is 4.52 Å². The highest BCUT2D eigenvalue weighted by Gasteiger charge is 2.57. The average Bonchev–Trinajstić information content (AvgIpc) is 3.26. The summed E-state index contributed by atoms with van der Waals surface area (Å²) in [6.07, 6.45) is 2.13. The summed E-state index contributed by atoms with van der Waals surface area (Å²) in [4.78, 5) is 22.3. The Balaban J connectivity index is 1.95. The molecule has 2 aromatic heterocycles. The van der Waals surface area contributed by atoms with Crippen molar-refractivity contribution in [1.82, 2.24) is 20.0 Å². The highest BCUT2D eigenvalue weighted by Crippen LogP contribution is 2.50. The Morgan fingerprint density at radius 1 is 1.31 bits per heavy atom. The molecule has 1 saturated heterocycles. The topological polar surface area (TPSA) is 92.4 Å². The van der Waals surface area contributed by atoms with Gasteiger partial charge in [0.15, 0.2) is 0 Å². The third kappa shape index (κ3) is 4.05. The predicted molar refractivity (Wildman–Crippen MR) is 113 cm³/mol. The second-order valence-corrected chi connectivity index (χ2v) is 14.3. The lowest BCUT2D eigenvalue weighted by atomic mass is 9.71. The van der Waals surface area contributed by atoms with Gasteiger partial charge in [0.25, 0.3) is 5.89 Å². The molecule has 8 heteroatoms. The van der Waals surface area contributed by atoms with Gasteiger partial charge in [-0.15, -0.1) is 5.54 Å². The quantitative estimate of drug-likeness (QED) is 0.581. The molecule has 1 fully saturated rings. The number of carboxylic acid groups (broad SMARTS) is 1. The minimum atomic E-state index is -1.45. The molecule has 0 radical (unpaired) electrons. The van der Waals surface area contributed by atoms with Gasteiger partial charge in [-0.2, -0.15) is 4.98 Å². The van der Waals surface area contributed by atoms with Crippen LogP contribution in [0.1, 0.15) is 45.1 Å². The van der Waals surface area contributed by atoms with E-state index in [-0.39, 0.29) is 0 Å². The SMILES string of the molecule is CC(C)(C)C1(c2nc(-c3ccc(C#C[Si](C)(C)C)cn3)no2)CCCN1C(=O)O. The third-order valence-electron chi connectivity index (χ3n) is 5.21. The number of carbonyl (C=O) groups is 1. The number of amides is 1. The lowest BCUT2D eigenvalue weighted by Gasteiger charge is -2.43. The number of likely N-dealkylation sites (tertiary alicyclic amines) is 1. The van der Waals surface area contributed by atoms with E-state index in [1.165, 1.54) is 4.90 Å². The normalized spacial score (nSPS) is 19.7. The first-order valence-electron chi connectivity index (χ1n) is 9.78. The van der Waals surface area contributed by atoms with Gasteiger partial charge in [-0.1, -0.05) is 51.5 Å². The summed E-state index contributed by atoms with van der Waals surface area (Å²) in [5.74, 6) is 3.85. The zero-order valence-electron chi connectivity index (χ0n) is 17.9. The van der Waals surface area contributed by atoms with Gasteiger partial charge in [0.2, 0.25) is 5.82 Å². The molecule has 0 aromatic carbocycles. The molecular formula is C21H28N4O3Si. The maximum absolute atomic E-state index is 11.9. The molecule has 154 valence electrons. The molecule has 0 bridgehead atoms. The molecule has 1 N–H and O–H groups in total. The second-order valence-electron chi connectivity index (χ2n) is 9.50. The Hall–Kier alpha value is -2.66. The summed E-state index contributed by atoms with van der Waals surface area (Å²) in [6, 6.07) is 3.71. The molecule has 1 aliphatic rings. The van der Waals surface area contributed by atoms with Crippen molar-refractivity contribution in [2.45, 2.75) is 58.8 Å². The molecule has 0 aliphatic carbocycles. The van der Waals surface area contributed by atoms with E-state index in [0.29, 0.717) is 30.4 Å². The zero-order valence-corrected chi connectivity index (χ0v) is 18.9. The minimum Gasteiger partial charge on any atom is -0.465 e. The predicted octanol–water partition coefficient (Wildman–Crippen LogP) is 4.38. The van der Waals surface area contributed by atoms with Gasteiger partial charge in [-0.05, 0) is 30.4 Å². The van der Waals surface area contributed by atoms with Gasteiger partial charge in [0.05, 0.1) is 0 Å². The van der Waals surface area contributed by atoms with Crippen LogP contribution < -0.4 is 0 Å². The summed E-state index contributed by atoms with van der Waals surface area (Å²) in [5, 5.41) is 13.9. The van der Waals surface area contributed by atoms with Crippen LogP contribution in [-0.4, -0.2) is 45.8 Å². The van der Waals surface area contributed by atoms with E-state index in [1.54, 1.807) is 6.20 Å². The summed E-state index contributed by atoms with van der Waals surface area (Å²) in [7, 11) is -1.45. The summed E-state index contributed by atoms with van der Waals surface area (Å²) in [6.45, 7) is 13.0. The first-order chi connectivity index (χ1) is 13.4. The lowest BCUT2D eigenvalue weighted by molar-refractivity contribution is 0.00351. The van der Waals surface area contributed by atoms with Gasteiger partial charge in [0, 0.05) is 18.3 Å². The van der Waals surface area contributed by atoms with Gasteiger partial charge in [-0.25, -0.2) is 4.79 Å². The third-order valence-corrected chi connectivity index (χ3v) is 6.08. The Bertz CT molecular complexity index is 961. The fourth-order valence-corrected chi connectivity index (χ4v) is 4.28. The molecule has 29 heavy (non-hydrogen) atoms. The highest BCUT2D eigenvalue weighted by atomic mass is 28.3. The Labute approximate surface area is 172 Å². The van der Waals surface area contributed by atoms with E-state index in [9.17, 15) is 9.90 Å². The van der Waals surface area contributed by atoms with Crippen molar-refractivity contribution in [1.29, 1.82) is 0 Å². The van der Waals surface area contributed by atoms with Gasteiger partial charge in [-0.3, -0.25) is 9.88 Å². The van der Waals surface area contributed by atoms with Crippen LogP contribution in [-0.2, 0) is 5.54 Å². The van der Waals surface area contributed by atoms with Crippen LogP contribution in [0.15, 0.2) is 22.9 Å². The Kier molecular flexibility index (Phi) is 5.30. The number of nitrogens with zero attached hydrogens (tertiary/aromatic N) is 4. The van der Waals surface area contributed by atoms with Crippen molar-refractivity contribution in [2.75, 3.05) is 6.54 Å². The fraction of sp³-hybridized carbons (Fsp3) is 0.524. The molecule has 2 aromatic rings. The largest absolute Gasteiger partial charge is 0.465 e. The molecule has 1 atom stereocenters. The first kappa shape index (κ1) is 21.1. The summed E-state index contributed by atoms with van der Waals surface area (Å²) < 4.78 is 5.61. The first-order valence-corrected chi connectivity index (χ1v) is 13.3. The number of aromatic nitrogens is 3. The fourth-order valence-electron chi connectivity index (χ4n) is 3.76. The van der Waals surface area contributed by atoms with Crippen molar-refractivity contribution < 1.29 is 14.4 Å². The van der Waals surface area contributed by atoms with Crippen LogP contribution in [0.25, 0.3) is 11.5 Å². The van der Waals surface area contributed by atoms with Crippen LogP contribution in [0.2, 0.25) is 19.6 Å². The van der Waals surface area contributed by atoms with Gasteiger partial charge < -0.3 is 9.63 Å². The lowest BCUT2D eigenvalue weighted by Crippen LogP contribution is -2.53. The molecule has 1 unspecified atom stereocenters. The summed E-state index contributed by atoms with van der Waals surface area (Å²) in [5.41, 5.74) is 3.47. The molecule has 3 heterocycles. The maximum atomic E-state index is 11.9. The maximum Gasteiger partial charge on any atom is 0.408 e. The molecular weight excluding hydrogens is 384 g/mol. The number of hydrogen-bond donors (Lipinski definition) is 1. The van der Waals surface area contributed by atoms with Crippen LogP contribution in [0.3, 0.4) is 0 Å². The van der Waals surface area contributed by atoms with Crippen molar-refractivity contribution >= 4 is 14.2 Å². The van der Waals surface area contributed by atoms with E-state index < -0.39 is 25.1 Å². The standard InChI is InChI=1S/C21H28N4O3Si/c1-20(2,3)21(11-7-12-25(21)19(26)27)18-23-17(24-28-18)16-9-8-15(14-22-16)10-13-29(4,5)6/h8-9,14H,7,11-12H2,1-6H3,(H,26,27). The van der Waals surface area contributed by atoms with Crippen LogP contribution in [0.5, 0.6) is 0 Å². The van der Waals surface area contributed by atoms with E-state index >= 15 is 0 Å². The smallest absolute Gasteiger partial charge is 0.408 e. The van der Waals surface area contributed by atoms with Gasteiger partial charge in [0.1, 0.15) is 19.3 Å². The molecule has 0 saturated carbocycles. The van der Waals surface area contributed by atoms with Crippen molar-refractivity contribution in [3.05, 3.63) is 29.8 Å².